The number of nitrogens with one attached hydrogen (secondary N) is 1. The summed E-state index contributed by atoms with van der Waals surface area (Å²) >= 11 is 1.85. The van der Waals surface area contributed by atoms with E-state index in [-0.39, 0.29) is 6.61 Å². The highest BCUT2D eigenvalue weighted by molar-refractivity contribution is 7.99. The lowest BCUT2D eigenvalue weighted by molar-refractivity contribution is 0.312. The minimum Gasteiger partial charge on any atom is -0.492 e. The van der Waals surface area contributed by atoms with Crippen molar-refractivity contribution in [2.24, 2.45) is 0 Å². The number of ether oxygens (including phenoxy) is 1. The van der Waals surface area contributed by atoms with Gasteiger partial charge in [-0.1, -0.05) is 25.1 Å². The smallest absolute Gasteiger partial charge is 0.159 e. The van der Waals surface area contributed by atoms with Crippen LogP contribution < -0.4 is 10.1 Å². The molecule has 2 aromatic rings. The van der Waals surface area contributed by atoms with Crippen molar-refractivity contribution in [3.05, 3.63) is 65.1 Å². The molecule has 0 bridgehead atoms. The molecule has 0 amide bonds. The number of pyridine rings is 1. The van der Waals surface area contributed by atoms with Gasteiger partial charge in [0, 0.05) is 23.9 Å². The SMILES string of the molecule is CCc1ccc(C(COc2ccc(C=C3CSCN3)cc2)S(C)(=O)=O)nc1. The second-order valence-electron chi connectivity index (χ2n) is 6.48. The van der Waals surface area contributed by atoms with Gasteiger partial charge in [0.1, 0.15) is 17.6 Å². The van der Waals surface area contributed by atoms with Gasteiger partial charge in [-0.15, -0.1) is 11.8 Å². The zero-order chi connectivity index (χ0) is 19.3. The van der Waals surface area contributed by atoms with Crippen LogP contribution in [0.1, 0.15) is 29.0 Å². The van der Waals surface area contributed by atoms with Crippen molar-refractivity contribution >= 4 is 27.7 Å². The van der Waals surface area contributed by atoms with Gasteiger partial charge < -0.3 is 10.1 Å². The van der Waals surface area contributed by atoms with E-state index < -0.39 is 15.1 Å². The standard InChI is InChI=1S/C20H24N2O3S2/c1-3-15-6-9-19(21-11-15)20(27(2,23)24)12-25-18-7-4-16(5-8-18)10-17-13-26-14-22-17/h4-11,20,22H,3,12-14H2,1-2H3. The second kappa shape index (κ2) is 8.80. The number of nitrogens with zero attached hydrogens (tertiary/aromatic N) is 1. The third-order valence-electron chi connectivity index (χ3n) is 4.38. The van der Waals surface area contributed by atoms with E-state index in [4.69, 9.17) is 4.74 Å². The van der Waals surface area contributed by atoms with Crippen molar-refractivity contribution in [3.8, 4) is 5.75 Å². The fraction of sp³-hybridized carbons (Fsp3) is 0.350. The fourth-order valence-electron chi connectivity index (χ4n) is 2.75. The monoisotopic (exact) mass is 404 g/mol. The molecule has 5 nitrogen and oxygen atoms in total. The molecule has 0 aliphatic carbocycles. The Balaban J connectivity index is 1.68. The van der Waals surface area contributed by atoms with Crippen LogP contribution in [0, 0.1) is 0 Å². The van der Waals surface area contributed by atoms with Crippen molar-refractivity contribution in [1.29, 1.82) is 0 Å². The maximum atomic E-state index is 12.2. The molecular formula is C20H24N2O3S2. The highest BCUT2D eigenvalue weighted by Crippen LogP contribution is 2.23. The molecule has 2 heterocycles. The predicted octanol–water partition coefficient (Wildman–Crippen LogP) is 3.44. The molecule has 144 valence electrons. The Morgan fingerprint density at radius 3 is 2.59 bits per heavy atom. The summed E-state index contributed by atoms with van der Waals surface area (Å²) in [6, 6.07) is 11.4. The number of sulfone groups is 1. The van der Waals surface area contributed by atoms with Gasteiger partial charge in [0.25, 0.3) is 0 Å². The van der Waals surface area contributed by atoms with Crippen molar-refractivity contribution in [2.45, 2.75) is 18.6 Å². The Kier molecular flexibility index (Phi) is 6.44. The molecule has 1 unspecified atom stereocenters. The first-order valence-corrected chi connectivity index (χ1v) is 12.0. The van der Waals surface area contributed by atoms with E-state index in [0.717, 1.165) is 29.2 Å². The lowest BCUT2D eigenvalue weighted by Gasteiger charge is -2.16. The maximum Gasteiger partial charge on any atom is 0.159 e. The van der Waals surface area contributed by atoms with Crippen LogP contribution in [0.5, 0.6) is 5.75 Å². The van der Waals surface area contributed by atoms with E-state index >= 15 is 0 Å². The van der Waals surface area contributed by atoms with Gasteiger partial charge in [-0.25, -0.2) is 8.42 Å². The number of benzene rings is 1. The van der Waals surface area contributed by atoms with Gasteiger partial charge in [-0.05, 0) is 41.8 Å². The summed E-state index contributed by atoms with van der Waals surface area (Å²) in [6.07, 6.45) is 5.93. The Bertz CT molecular complexity index is 884. The Morgan fingerprint density at radius 2 is 2.04 bits per heavy atom. The average molecular weight is 405 g/mol. The van der Waals surface area contributed by atoms with Crippen LogP contribution in [0.3, 0.4) is 0 Å². The molecule has 3 rings (SSSR count). The van der Waals surface area contributed by atoms with Crippen LogP contribution >= 0.6 is 11.8 Å². The van der Waals surface area contributed by atoms with Crippen LogP contribution in [0.4, 0.5) is 0 Å². The third kappa shape index (κ3) is 5.49. The summed E-state index contributed by atoms with van der Waals surface area (Å²) in [5, 5.41) is 2.53. The molecular weight excluding hydrogens is 380 g/mol. The molecule has 0 radical (unpaired) electrons. The summed E-state index contributed by atoms with van der Waals surface area (Å²) in [5.41, 5.74) is 3.89. The third-order valence-corrected chi connectivity index (χ3v) is 6.66. The summed E-state index contributed by atoms with van der Waals surface area (Å²) in [7, 11) is -3.34. The lowest BCUT2D eigenvalue weighted by atomic mass is 10.2. The van der Waals surface area contributed by atoms with E-state index in [0.29, 0.717) is 11.4 Å². The van der Waals surface area contributed by atoms with Gasteiger partial charge in [0.15, 0.2) is 9.84 Å². The minimum atomic E-state index is -3.34. The number of aromatic nitrogens is 1. The number of rotatable bonds is 7. The van der Waals surface area contributed by atoms with Gasteiger partial charge in [-0.2, -0.15) is 0 Å². The largest absolute Gasteiger partial charge is 0.492 e. The quantitative estimate of drug-likeness (QED) is 0.762. The van der Waals surface area contributed by atoms with Crippen LogP contribution in [0.25, 0.3) is 6.08 Å². The lowest BCUT2D eigenvalue weighted by Crippen LogP contribution is -2.20. The van der Waals surface area contributed by atoms with E-state index in [2.05, 4.69) is 16.4 Å². The van der Waals surface area contributed by atoms with Gasteiger partial charge >= 0.3 is 0 Å². The molecule has 1 atom stereocenters. The molecule has 1 aliphatic heterocycles. The van der Waals surface area contributed by atoms with Crippen LogP contribution in [-0.2, 0) is 16.3 Å². The number of thioether (sulfide) groups is 1. The van der Waals surface area contributed by atoms with Gasteiger partial charge in [-0.3, -0.25) is 4.98 Å². The molecule has 0 spiro atoms. The molecule has 7 heteroatoms. The van der Waals surface area contributed by atoms with E-state index in [1.54, 1.807) is 12.3 Å². The predicted molar refractivity (Wildman–Crippen MR) is 112 cm³/mol. The van der Waals surface area contributed by atoms with Crippen molar-refractivity contribution in [3.63, 3.8) is 0 Å². The zero-order valence-electron chi connectivity index (χ0n) is 15.5. The maximum absolute atomic E-state index is 12.2. The fourth-order valence-corrected chi connectivity index (χ4v) is 4.43. The van der Waals surface area contributed by atoms with Crippen LogP contribution in [0.15, 0.2) is 48.3 Å². The van der Waals surface area contributed by atoms with Crippen molar-refractivity contribution in [1.82, 2.24) is 10.3 Å². The van der Waals surface area contributed by atoms with Crippen molar-refractivity contribution in [2.75, 3.05) is 24.5 Å². The van der Waals surface area contributed by atoms with Gasteiger partial charge in [0.2, 0.25) is 0 Å². The summed E-state index contributed by atoms with van der Waals surface area (Å²) in [4.78, 5) is 4.32. The normalized spacial score (nSPS) is 16.9. The van der Waals surface area contributed by atoms with Crippen LogP contribution in [0.2, 0.25) is 0 Å². The Labute approximate surface area is 165 Å². The Morgan fingerprint density at radius 1 is 1.26 bits per heavy atom. The van der Waals surface area contributed by atoms with Gasteiger partial charge in [0.05, 0.1) is 11.6 Å². The van der Waals surface area contributed by atoms with E-state index in [9.17, 15) is 8.42 Å². The second-order valence-corrected chi connectivity index (χ2v) is 9.70. The van der Waals surface area contributed by atoms with E-state index in [1.807, 2.05) is 49.0 Å². The highest BCUT2D eigenvalue weighted by atomic mass is 32.2. The first-order valence-electron chi connectivity index (χ1n) is 8.84. The summed E-state index contributed by atoms with van der Waals surface area (Å²) < 4.78 is 30.2. The highest BCUT2D eigenvalue weighted by Gasteiger charge is 2.25. The van der Waals surface area contributed by atoms with E-state index in [1.165, 1.54) is 12.0 Å². The summed E-state index contributed by atoms with van der Waals surface area (Å²) in [6.45, 7) is 2.07. The molecule has 1 aromatic heterocycles. The molecule has 1 aromatic carbocycles. The Hall–Kier alpha value is -1.99. The first-order chi connectivity index (χ1) is 13.0. The van der Waals surface area contributed by atoms with Crippen LogP contribution in [-0.4, -0.2) is 37.9 Å². The zero-order valence-corrected chi connectivity index (χ0v) is 17.1. The topological polar surface area (TPSA) is 68.3 Å². The number of hydrogen-bond acceptors (Lipinski definition) is 6. The summed E-state index contributed by atoms with van der Waals surface area (Å²) in [5.74, 6) is 2.59. The molecule has 1 aliphatic rings. The molecule has 1 fully saturated rings. The molecule has 0 saturated carbocycles. The van der Waals surface area contributed by atoms with Crippen molar-refractivity contribution < 1.29 is 13.2 Å². The molecule has 27 heavy (non-hydrogen) atoms. The minimum absolute atomic E-state index is 0.0376. The number of aryl methyl sites for hydroxylation is 1. The molecule has 1 saturated heterocycles. The first kappa shape index (κ1) is 19.8. The number of hydrogen-bond donors (Lipinski definition) is 1. The average Bonchev–Trinajstić information content (AvgIpc) is 3.16. The molecule has 1 N–H and O–H groups in total.